The first kappa shape index (κ1) is 11.7. The van der Waals surface area contributed by atoms with E-state index in [1.165, 1.54) is 32.1 Å². The summed E-state index contributed by atoms with van der Waals surface area (Å²) in [5.74, 6) is 3.17. The fourth-order valence-corrected chi connectivity index (χ4v) is 4.98. The first-order valence-corrected chi connectivity index (χ1v) is 7.89. The maximum atomic E-state index is 11.7. The van der Waals surface area contributed by atoms with Crippen LogP contribution in [0.3, 0.4) is 0 Å². The first-order valence-electron chi connectivity index (χ1n) is 7.89. The molecule has 0 bridgehead atoms. The summed E-state index contributed by atoms with van der Waals surface area (Å²) < 4.78 is 5.74. The summed E-state index contributed by atoms with van der Waals surface area (Å²) in [6.45, 7) is 0. The number of Topliss-reactive ketones (excluding diaryl/α,β-unsaturated/α-hetero) is 1. The molecule has 0 N–H and O–H groups in total. The van der Waals surface area contributed by atoms with Gasteiger partial charge in [0.25, 0.3) is 0 Å². The lowest BCUT2D eigenvalue weighted by Gasteiger charge is -2.42. The van der Waals surface area contributed by atoms with Crippen LogP contribution in [0.2, 0.25) is 0 Å². The summed E-state index contributed by atoms with van der Waals surface area (Å²) in [5.41, 5.74) is 3.09. The van der Waals surface area contributed by atoms with Gasteiger partial charge < -0.3 is 4.74 Å². The Morgan fingerprint density at radius 3 is 2.84 bits per heavy atom. The molecule has 0 radical (unpaired) electrons. The van der Waals surface area contributed by atoms with Crippen molar-refractivity contribution in [3.63, 3.8) is 0 Å². The fraction of sp³-hybridized carbons (Fsp3) is 0.706. The summed E-state index contributed by atoms with van der Waals surface area (Å²) in [6.07, 6.45) is 13.2. The number of fused-ring (bicyclic) bond motifs is 5. The van der Waals surface area contributed by atoms with Crippen LogP contribution < -0.4 is 0 Å². The van der Waals surface area contributed by atoms with Crippen molar-refractivity contribution in [2.45, 2.75) is 51.4 Å². The second-order valence-corrected chi connectivity index (χ2v) is 6.78. The number of carbonyl (C=O) groups is 1. The predicted octanol–water partition coefficient (Wildman–Crippen LogP) is 3.98. The minimum Gasteiger partial charge on any atom is -0.473 e. The van der Waals surface area contributed by atoms with Gasteiger partial charge in [0.1, 0.15) is 5.78 Å². The zero-order chi connectivity index (χ0) is 12.8. The van der Waals surface area contributed by atoms with E-state index in [-0.39, 0.29) is 0 Å². The Balaban J connectivity index is 1.64. The van der Waals surface area contributed by atoms with Gasteiger partial charge in [0.05, 0.1) is 12.5 Å². The molecule has 3 fully saturated rings. The van der Waals surface area contributed by atoms with Crippen molar-refractivity contribution in [3.05, 3.63) is 23.7 Å². The van der Waals surface area contributed by atoms with E-state index in [1.54, 1.807) is 11.1 Å². The van der Waals surface area contributed by atoms with Crippen LogP contribution in [0.4, 0.5) is 0 Å². The lowest BCUT2D eigenvalue weighted by Crippen LogP contribution is -2.35. The van der Waals surface area contributed by atoms with Gasteiger partial charge in [0.2, 0.25) is 0 Å². The Kier molecular flexibility index (Phi) is 2.78. The number of rotatable bonds is 0. The van der Waals surface area contributed by atoms with Crippen LogP contribution in [-0.2, 0) is 9.53 Å². The molecule has 4 atom stereocenters. The standard InChI is InChI=1S/C17H22O2/c18-13-5-7-15-11(8-13)4-6-16-14-3-1-2-12(14)9-19-10-17(15)16/h9-11,14-16H,1-8H2. The highest BCUT2D eigenvalue weighted by Gasteiger charge is 2.43. The average Bonchev–Trinajstić information content (AvgIpc) is 2.80. The molecule has 2 nitrogen and oxygen atoms in total. The summed E-state index contributed by atoms with van der Waals surface area (Å²) >= 11 is 0. The molecule has 19 heavy (non-hydrogen) atoms. The Labute approximate surface area is 114 Å². The first-order chi connectivity index (χ1) is 9.33. The Morgan fingerprint density at radius 2 is 1.89 bits per heavy atom. The van der Waals surface area contributed by atoms with Gasteiger partial charge in [-0.05, 0) is 73.3 Å². The zero-order valence-corrected chi connectivity index (χ0v) is 11.4. The number of allylic oxidation sites excluding steroid dienone is 2. The van der Waals surface area contributed by atoms with Gasteiger partial charge in [0.15, 0.2) is 0 Å². The monoisotopic (exact) mass is 258 g/mol. The largest absolute Gasteiger partial charge is 0.473 e. The van der Waals surface area contributed by atoms with Gasteiger partial charge >= 0.3 is 0 Å². The molecule has 3 saturated carbocycles. The van der Waals surface area contributed by atoms with Gasteiger partial charge in [-0.1, -0.05) is 0 Å². The third-order valence-electron chi connectivity index (χ3n) is 5.86. The van der Waals surface area contributed by atoms with E-state index in [1.807, 2.05) is 12.5 Å². The van der Waals surface area contributed by atoms with Crippen LogP contribution in [0.15, 0.2) is 23.7 Å². The van der Waals surface area contributed by atoms with Crippen molar-refractivity contribution < 1.29 is 9.53 Å². The lowest BCUT2D eigenvalue weighted by atomic mass is 9.61. The molecule has 0 spiro atoms. The van der Waals surface area contributed by atoms with E-state index >= 15 is 0 Å². The van der Waals surface area contributed by atoms with Crippen molar-refractivity contribution in [1.29, 1.82) is 0 Å². The molecule has 0 amide bonds. The number of carbonyl (C=O) groups excluding carboxylic acids is 1. The SMILES string of the molecule is O=C1CCC2C3=COC=C4CCCC4C3CCC2C1. The van der Waals surface area contributed by atoms with Crippen LogP contribution in [0.5, 0.6) is 0 Å². The van der Waals surface area contributed by atoms with Crippen molar-refractivity contribution in [2.24, 2.45) is 23.7 Å². The third-order valence-corrected chi connectivity index (χ3v) is 5.86. The maximum Gasteiger partial charge on any atom is 0.133 e. The van der Waals surface area contributed by atoms with Crippen molar-refractivity contribution in [2.75, 3.05) is 0 Å². The van der Waals surface area contributed by atoms with E-state index in [4.69, 9.17) is 4.74 Å². The molecule has 1 aliphatic heterocycles. The molecular weight excluding hydrogens is 236 g/mol. The average molecular weight is 258 g/mol. The quantitative estimate of drug-likeness (QED) is 0.657. The van der Waals surface area contributed by atoms with Crippen LogP contribution in [0.1, 0.15) is 51.4 Å². The van der Waals surface area contributed by atoms with Crippen LogP contribution >= 0.6 is 0 Å². The molecule has 1 heterocycles. The van der Waals surface area contributed by atoms with Crippen molar-refractivity contribution >= 4 is 5.78 Å². The van der Waals surface area contributed by atoms with Gasteiger partial charge in [-0.2, -0.15) is 0 Å². The minimum atomic E-state index is 0.481. The Morgan fingerprint density at radius 1 is 0.947 bits per heavy atom. The van der Waals surface area contributed by atoms with Crippen LogP contribution in [0.25, 0.3) is 0 Å². The lowest BCUT2D eigenvalue weighted by molar-refractivity contribution is -0.122. The molecule has 102 valence electrons. The zero-order valence-electron chi connectivity index (χ0n) is 11.4. The highest BCUT2D eigenvalue weighted by Crippen LogP contribution is 2.52. The van der Waals surface area contributed by atoms with E-state index in [0.717, 1.165) is 25.2 Å². The van der Waals surface area contributed by atoms with Crippen LogP contribution in [0, 0.1) is 23.7 Å². The van der Waals surface area contributed by atoms with Gasteiger partial charge in [-0.25, -0.2) is 0 Å². The summed E-state index contributed by atoms with van der Waals surface area (Å²) in [4.78, 5) is 11.7. The summed E-state index contributed by atoms with van der Waals surface area (Å²) in [5, 5.41) is 0. The Hall–Kier alpha value is -1.05. The van der Waals surface area contributed by atoms with Gasteiger partial charge in [0, 0.05) is 12.8 Å². The van der Waals surface area contributed by atoms with Crippen LogP contribution in [-0.4, -0.2) is 5.78 Å². The van der Waals surface area contributed by atoms with E-state index in [9.17, 15) is 4.79 Å². The molecule has 2 heteroatoms. The predicted molar refractivity (Wildman–Crippen MR) is 73.2 cm³/mol. The summed E-state index contributed by atoms with van der Waals surface area (Å²) in [6, 6.07) is 0. The van der Waals surface area contributed by atoms with E-state index < -0.39 is 0 Å². The highest BCUT2D eigenvalue weighted by atomic mass is 16.5. The number of hydrogen-bond acceptors (Lipinski definition) is 2. The smallest absolute Gasteiger partial charge is 0.133 e. The fourth-order valence-electron chi connectivity index (χ4n) is 4.98. The molecule has 0 aromatic heterocycles. The molecule has 4 unspecified atom stereocenters. The van der Waals surface area contributed by atoms with Crippen molar-refractivity contribution in [3.8, 4) is 0 Å². The molecule has 4 aliphatic rings. The molecule has 3 aliphatic carbocycles. The highest BCUT2D eigenvalue weighted by molar-refractivity contribution is 5.79. The molecule has 4 rings (SSSR count). The normalized spacial score (nSPS) is 41.2. The van der Waals surface area contributed by atoms with Gasteiger partial charge in [-0.3, -0.25) is 4.79 Å². The number of ketones is 1. The van der Waals surface area contributed by atoms with E-state index in [0.29, 0.717) is 23.5 Å². The molecule has 0 aromatic carbocycles. The Bertz CT molecular complexity index is 460. The minimum absolute atomic E-state index is 0.481. The van der Waals surface area contributed by atoms with Gasteiger partial charge in [-0.15, -0.1) is 0 Å². The molecular formula is C17H22O2. The number of hydrogen-bond donors (Lipinski definition) is 0. The topological polar surface area (TPSA) is 26.3 Å². The third kappa shape index (κ3) is 1.87. The van der Waals surface area contributed by atoms with E-state index in [2.05, 4.69) is 0 Å². The second-order valence-electron chi connectivity index (χ2n) is 6.78. The number of ether oxygens (including phenoxy) is 1. The summed E-state index contributed by atoms with van der Waals surface area (Å²) in [7, 11) is 0. The maximum absolute atomic E-state index is 11.7. The van der Waals surface area contributed by atoms with Crippen molar-refractivity contribution in [1.82, 2.24) is 0 Å². The molecule has 0 saturated heterocycles. The second kappa shape index (κ2) is 4.50. The molecule has 0 aromatic rings.